The molecule has 3 amide bonds. The molecule has 1 heterocycles. The number of nitrogens with two attached hydrogens (primary N) is 1. The normalized spacial score (nSPS) is 17.3. The zero-order chi connectivity index (χ0) is 25.7. The third-order valence-corrected chi connectivity index (χ3v) is 6.47. The summed E-state index contributed by atoms with van der Waals surface area (Å²) in [6, 6.07) is 14.7. The van der Waals surface area contributed by atoms with Gasteiger partial charge in [0.25, 0.3) is 5.91 Å². The molecule has 7 nitrogen and oxygen atoms in total. The maximum atomic E-state index is 13.5. The van der Waals surface area contributed by atoms with E-state index in [1.165, 1.54) is 4.90 Å². The van der Waals surface area contributed by atoms with Crippen LogP contribution in [0.2, 0.25) is 5.02 Å². The van der Waals surface area contributed by atoms with E-state index in [1.54, 1.807) is 25.2 Å². The molecule has 0 saturated carbocycles. The van der Waals surface area contributed by atoms with Crippen molar-refractivity contribution < 1.29 is 14.4 Å². The summed E-state index contributed by atoms with van der Waals surface area (Å²) in [4.78, 5) is 45.4. The molecule has 0 spiro atoms. The number of nitrogens with one attached hydrogen (secondary N) is 1. The third kappa shape index (κ3) is 6.09. The summed E-state index contributed by atoms with van der Waals surface area (Å²) in [6.45, 7) is 5.92. The van der Waals surface area contributed by atoms with E-state index < -0.39 is 29.8 Å². The van der Waals surface area contributed by atoms with Crippen LogP contribution in [0.4, 0.5) is 5.69 Å². The van der Waals surface area contributed by atoms with Crippen LogP contribution in [0, 0.1) is 17.8 Å². The van der Waals surface area contributed by atoms with Crippen LogP contribution in [-0.2, 0) is 14.4 Å². The van der Waals surface area contributed by atoms with Gasteiger partial charge in [0.2, 0.25) is 18.0 Å². The quantitative estimate of drug-likeness (QED) is 0.544. The smallest absolute Gasteiger partial charge is 0.272 e. The van der Waals surface area contributed by atoms with E-state index in [9.17, 15) is 14.4 Å². The van der Waals surface area contributed by atoms with E-state index in [1.807, 2.05) is 51.1 Å². The van der Waals surface area contributed by atoms with Crippen molar-refractivity contribution in [2.45, 2.75) is 46.2 Å². The molecule has 0 radical (unpaired) electrons. The predicted octanol–water partition coefficient (Wildman–Crippen LogP) is 4.16. The molecule has 1 aliphatic rings. The molecule has 3 rings (SSSR count). The zero-order valence-corrected chi connectivity index (χ0v) is 21.4. The van der Waals surface area contributed by atoms with E-state index in [0.717, 1.165) is 5.56 Å². The van der Waals surface area contributed by atoms with Gasteiger partial charge in [0.05, 0.1) is 11.4 Å². The number of anilines is 1. The highest BCUT2D eigenvalue weighted by molar-refractivity contribution is 6.32. The summed E-state index contributed by atoms with van der Waals surface area (Å²) in [5.74, 6) is -2.40. The van der Waals surface area contributed by atoms with Crippen LogP contribution in [0.3, 0.4) is 0 Å². The molecule has 0 bridgehead atoms. The van der Waals surface area contributed by atoms with Crippen LogP contribution < -0.4 is 16.0 Å². The molecule has 2 aromatic rings. The lowest BCUT2D eigenvalue weighted by Gasteiger charge is -2.27. The standard InChI is InChI=1S/C27H33ClN4O3/c1-5-9-19(24(29)33)20(14-16(2)3)26(34)31-25-27(35)32(4)22-13-12-18(28)15-21(22)23(30-25)17-10-7-6-8-11-17/h6-8,10-13,15-16,19-20,25H,5,9,14H2,1-4H3,(H2,29,33)(H,31,34)/t19-,20+,25+/m0/s1. The Kier molecular flexibility index (Phi) is 8.67. The first-order valence-corrected chi connectivity index (χ1v) is 12.3. The van der Waals surface area contributed by atoms with Crippen LogP contribution >= 0.6 is 11.6 Å². The fourth-order valence-corrected chi connectivity index (χ4v) is 4.70. The molecule has 0 aromatic heterocycles. The lowest BCUT2D eigenvalue weighted by molar-refractivity contribution is -0.136. The van der Waals surface area contributed by atoms with Gasteiger partial charge in [-0.05, 0) is 37.0 Å². The molecular weight excluding hydrogens is 464 g/mol. The molecular formula is C27H33ClN4O3. The summed E-state index contributed by atoms with van der Waals surface area (Å²) < 4.78 is 0. The number of nitrogens with zero attached hydrogens (tertiary/aromatic N) is 2. The van der Waals surface area contributed by atoms with Crippen LogP contribution in [-0.4, -0.2) is 36.6 Å². The van der Waals surface area contributed by atoms with Crippen molar-refractivity contribution in [3.05, 3.63) is 64.7 Å². The first-order chi connectivity index (χ1) is 16.6. The summed E-state index contributed by atoms with van der Waals surface area (Å²) in [5, 5.41) is 3.34. The molecule has 1 aliphatic heterocycles. The second kappa shape index (κ2) is 11.5. The summed E-state index contributed by atoms with van der Waals surface area (Å²) in [6.07, 6.45) is 0.522. The Hall–Kier alpha value is -3.19. The number of benzene rings is 2. The Balaban J connectivity index is 2.06. The highest BCUT2D eigenvalue weighted by Gasteiger charge is 2.36. The minimum atomic E-state index is -1.17. The number of halogens is 1. The lowest BCUT2D eigenvalue weighted by Crippen LogP contribution is -2.50. The van der Waals surface area contributed by atoms with Crippen molar-refractivity contribution in [2.75, 3.05) is 11.9 Å². The molecule has 0 aliphatic carbocycles. The summed E-state index contributed by atoms with van der Waals surface area (Å²) in [5.41, 5.74) is 8.35. The van der Waals surface area contributed by atoms with E-state index in [0.29, 0.717) is 41.2 Å². The number of carbonyl (C=O) groups excluding carboxylic acids is 3. The van der Waals surface area contributed by atoms with E-state index >= 15 is 0 Å². The van der Waals surface area contributed by atoms with E-state index in [4.69, 9.17) is 22.3 Å². The number of primary amides is 1. The summed E-state index contributed by atoms with van der Waals surface area (Å²) >= 11 is 6.30. The molecule has 3 N–H and O–H groups in total. The van der Waals surface area contributed by atoms with Crippen LogP contribution in [0.15, 0.2) is 53.5 Å². The monoisotopic (exact) mass is 496 g/mol. The van der Waals surface area contributed by atoms with Gasteiger partial charge < -0.3 is 16.0 Å². The Morgan fingerprint density at radius 3 is 2.43 bits per heavy atom. The molecule has 0 saturated heterocycles. The van der Waals surface area contributed by atoms with Crippen molar-refractivity contribution in [2.24, 2.45) is 28.5 Å². The minimum Gasteiger partial charge on any atom is -0.369 e. The van der Waals surface area contributed by atoms with E-state index in [-0.39, 0.29) is 11.8 Å². The van der Waals surface area contributed by atoms with Gasteiger partial charge in [0.15, 0.2) is 0 Å². The largest absolute Gasteiger partial charge is 0.369 e. The van der Waals surface area contributed by atoms with Gasteiger partial charge in [-0.3, -0.25) is 14.4 Å². The van der Waals surface area contributed by atoms with Crippen LogP contribution in [0.1, 0.15) is 51.2 Å². The Bertz CT molecular complexity index is 1120. The van der Waals surface area contributed by atoms with Crippen LogP contribution in [0.25, 0.3) is 0 Å². The summed E-state index contributed by atoms with van der Waals surface area (Å²) in [7, 11) is 1.65. The number of likely N-dealkylation sites (N-methyl/N-ethyl adjacent to an activating group) is 1. The van der Waals surface area contributed by atoms with E-state index in [2.05, 4.69) is 5.32 Å². The first-order valence-electron chi connectivity index (χ1n) is 11.9. The highest BCUT2D eigenvalue weighted by atomic mass is 35.5. The lowest BCUT2D eigenvalue weighted by atomic mass is 9.81. The average molecular weight is 497 g/mol. The predicted molar refractivity (Wildman–Crippen MR) is 139 cm³/mol. The molecule has 0 fully saturated rings. The van der Waals surface area contributed by atoms with Gasteiger partial charge in [0, 0.05) is 35.0 Å². The Morgan fingerprint density at radius 2 is 1.83 bits per heavy atom. The molecule has 186 valence electrons. The maximum Gasteiger partial charge on any atom is 0.272 e. The van der Waals surface area contributed by atoms with Gasteiger partial charge >= 0.3 is 0 Å². The first kappa shape index (κ1) is 26.4. The second-order valence-corrected chi connectivity index (χ2v) is 9.78. The number of fused-ring (bicyclic) bond motifs is 1. The number of benzodiazepines with no additional fused rings is 1. The fraction of sp³-hybridized carbons (Fsp3) is 0.407. The number of carbonyl (C=O) groups is 3. The highest BCUT2D eigenvalue weighted by Crippen LogP contribution is 2.31. The number of hydrogen-bond donors (Lipinski definition) is 2. The molecule has 0 unspecified atom stereocenters. The minimum absolute atomic E-state index is 0.159. The number of rotatable bonds is 9. The third-order valence-electron chi connectivity index (χ3n) is 6.24. The number of amides is 3. The second-order valence-electron chi connectivity index (χ2n) is 9.35. The maximum absolute atomic E-state index is 13.5. The topological polar surface area (TPSA) is 105 Å². The van der Waals surface area contributed by atoms with Crippen molar-refractivity contribution in [1.29, 1.82) is 0 Å². The van der Waals surface area contributed by atoms with Gasteiger partial charge in [-0.1, -0.05) is 69.1 Å². The zero-order valence-electron chi connectivity index (χ0n) is 20.6. The molecule has 3 atom stereocenters. The van der Waals surface area contributed by atoms with Crippen molar-refractivity contribution >= 4 is 40.7 Å². The van der Waals surface area contributed by atoms with Crippen molar-refractivity contribution in [1.82, 2.24) is 5.32 Å². The van der Waals surface area contributed by atoms with Gasteiger partial charge in [0.1, 0.15) is 0 Å². The fourth-order valence-electron chi connectivity index (χ4n) is 4.52. The molecule has 2 aromatic carbocycles. The Morgan fingerprint density at radius 1 is 1.14 bits per heavy atom. The van der Waals surface area contributed by atoms with Gasteiger partial charge in [-0.2, -0.15) is 0 Å². The Labute approximate surface area is 211 Å². The van der Waals surface area contributed by atoms with Gasteiger partial charge in [-0.15, -0.1) is 0 Å². The SMILES string of the molecule is CCC[C@H](C(N)=O)[C@@H](CC(C)C)C(=O)N[C@H]1N=C(c2ccccc2)c2cc(Cl)ccc2N(C)C1=O. The number of aliphatic imine (C=N–C) groups is 1. The van der Waals surface area contributed by atoms with Crippen molar-refractivity contribution in [3.63, 3.8) is 0 Å². The molecule has 35 heavy (non-hydrogen) atoms. The number of hydrogen-bond acceptors (Lipinski definition) is 4. The van der Waals surface area contributed by atoms with Crippen molar-refractivity contribution in [3.8, 4) is 0 Å². The van der Waals surface area contributed by atoms with Crippen LogP contribution in [0.5, 0.6) is 0 Å². The van der Waals surface area contributed by atoms with Gasteiger partial charge in [-0.25, -0.2) is 4.99 Å². The molecule has 8 heteroatoms. The average Bonchev–Trinajstić information content (AvgIpc) is 2.91.